The van der Waals surface area contributed by atoms with E-state index < -0.39 is 10.0 Å². The Bertz CT molecular complexity index is 855. The van der Waals surface area contributed by atoms with Gasteiger partial charge < -0.3 is 9.64 Å². The average molecular weight is 352 g/mol. The number of hydrogen-bond donors (Lipinski definition) is 0. The molecule has 0 spiro atoms. The number of sulfonamides is 1. The fraction of sp³-hybridized carbons (Fsp3) is 0.467. The minimum atomic E-state index is -3.62. The van der Waals surface area contributed by atoms with E-state index in [4.69, 9.17) is 4.74 Å². The van der Waals surface area contributed by atoms with Gasteiger partial charge in [0.1, 0.15) is 6.54 Å². The Hall–Kier alpha value is -2.13. The van der Waals surface area contributed by atoms with E-state index in [2.05, 4.69) is 5.10 Å². The topological polar surface area (TPSA) is 84.2 Å². The average Bonchev–Trinajstić information content (AvgIpc) is 2.94. The molecule has 3 heterocycles. The third kappa shape index (κ3) is 3.36. The standard InChI is InChI=1S/C15H20N4O4S/c1-12-3-4-18-13(9-12)14(10-16-18)19(24(2,21)22)11-15(20)17-5-7-23-8-6-17/h3-4,9-10H,5-8,11H2,1-2H3. The van der Waals surface area contributed by atoms with Crippen LogP contribution in [0.2, 0.25) is 0 Å². The molecule has 1 fully saturated rings. The molecule has 130 valence electrons. The Labute approximate surface area is 140 Å². The third-order valence-electron chi connectivity index (χ3n) is 3.97. The second-order valence-corrected chi connectivity index (χ2v) is 7.73. The van der Waals surface area contributed by atoms with Crippen LogP contribution in [-0.2, 0) is 19.6 Å². The molecule has 1 aliphatic heterocycles. The van der Waals surface area contributed by atoms with Gasteiger partial charge >= 0.3 is 0 Å². The lowest BCUT2D eigenvalue weighted by molar-refractivity contribution is -0.133. The van der Waals surface area contributed by atoms with Crippen LogP contribution in [0.25, 0.3) is 5.52 Å². The summed E-state index contributed by atoms with van der Waals surface area (Å²) in [6.07, 6.45) is 4.33. The molecule has 8 nitrogen and oxygen atoms in total. The SMILES string of the molecule is Cc1ccn2ncc(N(CC(=O)N3CCOCC3)S(C)(=O)=O)c2c1. The first-order valence-electron chi connectivity index (χ1n) is 7.63. The molecule has 24 heavy (non-hydrogen) atoms. The molecule has 3 rings (SSSR count). The first kappa shape index (κ1) is 16.7. The minimum Gasteiger partial charge on any atom is -0.378 e. The van der Waals surface area contributed by atoms with Gasteiger partial charge in [-0.3, -0.25) is 9.10 Å². The minimum absolute atomic E-state index is 0.240. The molecule has 1 amide bonds. The van der Waals surface area contributed by atoms with Gasteiger partial charge in [0.05, 0.1) is 36.9 Å². The van der Waals surface area contributed by atoms with E-state index in [-0.39, 0.29) is 12.5 Å². The zero-order valence-electron chi connectivity index (χ0n) is 13.7. The lowest BCUT2D eigenvalue weighted by Crippen LogP contribution is -2.47. The lowest BCUT2D eigenvalue weighted by Gasteiger charge is -2.29. The number of nitrogens with zero attached hydrogens (tertiary/aromatic N) is 4. The molecule has 0 aromatic carbocycles. The van der Waals surface area contributed by atoms with Crippen LogP contribution in [0.5, 0.6) is 0 Å². The van der Waals surface area contributed by atoms with Crippen LogP contribution in [0, 0.1) is 6.92 Å². The van der Waals surface area contributed by atoms with Gasteiger partial charge in [-0.05, 0) is 24.6 Å². The molecule has 1 saturated heterocycles. The first-order valence-corrected chi connectivity index (χ1v) is 9.48. The summed E-state index contributed by atoms with van der Waals surface area (Å²) in [5.74, 6) is -0.240. The summed E-state index contributed by atoms with van der Waals surface area (Å²) in [6.45, 7) is 3.57. The van der Waals surface area contributed by atoms with Crippen LogP contribution >= 0.6 is 0 Å². The molecule has 9 heteroatoms. The number of carbonyl (C=O) groups excluding carboxylic acids is 1. The van der Waals surface area contributed by atoms with E-state index in [0.29, 0.717) is 37.5 Å². The second-order valence-electron chi connectivity index (χ2n) is 5.83. The number of amides is 1. The lowest BCUT2D eigenvalue weighted by atomic mass is 10.2. The number of fused-ring (bicyclic) bond motifs is 1. The number of aromatic nitrogens is 2. The van der Waals surface area contributed by atoms with Gasteiger partial charge in [-0.25, -0.2) is 12.9 Å². The third-order valence-corrected chi connectivity index (χ3v) is 5.09. The molecule has 0 bridgehead atoms. The molecule has 2 aromatic rings. The largest absolute Gasteiger partial charge is 0.378 e. The maximum Gasteiger partial charge on any atom is 0.243 e. The number of pyridine rings is 1. The van der Waals surface area contributed by atoms with Crippen molar-refractivity contribution in [2.75, 3.05) is 43.4 Å². The zero-order valence-corrected chi connectivity index (χ0v) is 14.5. The number of hydrogen-bond acceptors (Lipinski definition) is 5. The fourth-order valence-corrected chi connectivity index (χ4v) is 3.53. The molecule has 0 N–H and O–H groups in total. The Morgan fingerprint density at radius 2 is 2.08 bits per heavy atom. The number of morpholine rings is 1. The van der Waals surface area contributed by atoms with Crippen LogP contribution in [-0.4, -0.2) is 67.9 Å². The van der Waals surface area contributed by atoms with Crippen molar-refractivity contribution in [1.82, 2.24) is 14.5 Å². The van der Waals surface area contributed by atoms with E-state index >= 15 is 0 Å². The molecule has 1 aliphatic rings. The monoisotopic (exact) mass is 352 g/mol. The molecule has 0 saturated carbocycles. The molecular weight excluding hydrogens is 332 g/mol. The van der Waals surface area contributed by atoms with Crippen molar-refractivity contribution in [2.24, 2.45) is 0 Å². The van der Waals surface area contributed by atoms with Crippen LogP contribution < -0.4 is 4.31 Å². The van der Waals surface area contributed by atoms with Gasteiger partial charge in [0.15, 0.2) is 0 Å². The normalized spacial score (nSPS) is 15.7. The maximum atomic E-state index is 12.5. The van der Waals surface area contributed by atoms with Gasteiger partial charge in [-0.2, -0.15) is 5.10 Å². The van der Waals surface area contributed by atoms with Crippen molar-refractivity contribution in [1.29, 1.82) is 0 Å². The van der Waals surface area contributed by atoms with Crippen molar-refractivity contribution in [3.63, 3.8) is 0 Å². The Morgan fingerprint density at radius 1 is 1.38 bits per heavy atom. The molecule has 2 aromatic heterocycles. The number of carbonyl (C=O) groups is 1. The van der Waals surface area contributed by atoms with Gasteiger partial charge in [0.25, 0.3) is 0 Å². The Kier molecular flexibility index (Phi) is 4.46. The van der Waals surface area contributed by atoms with Crippen LogP contribution in [0.4, 0.5) is 5.69 Å². The van der Waals surface area contributed by atoms with E-state index in [1.165, 1.54) is 6.20 Å². The van der Waals surface area contributed by atoms with Crippen LogP contribution in [0.3, 0.4) is 0 Å². The van der Waals surface area contributed by atoms with E-state index in [9.17, 15) is 13.2 Å². The zero-order chi connectivity index (χ0) is 17.3. The van der Waals surface area contributed by atoms with E-state index in [1.54, 1.807) is 15.6 Å². The second kappa shape index (κ2) is 6.40. The van der Waals surface area contributed by atoms with Crippen molar-refractivity contribution >= 4 is 27.1 Å². The van der Waals surface area contributed by atoms with E-state index in [0.717, 1.165) is 16.1 Å². The summed E-state index contributed by atoms with van der Waals surface area (Å²) in [5.41, 5.74) is 2.04. The van der Waals surface area contributed by atoms with E-state index in [1.807, 2.05) is 19.1 Å². The summed E-state index contributed by atoms with van der Waals surface area (Å²) in [7, 11) is -3.62. The summed E-state index contributed by atoms with van der Waals surface area (Å²) in [5, 5.41) is 4.18. The number of aryl methyl sites for hydroxylation is 1. The maximum absolute atomic E-state index is 12.5. The van der Waals surface area contributed by atoms with Gasteiger partial charge in [0, 0.05) is 19.3 Å². The smallest absolute Gasteiger partial charge is 0.243 e. The van der Waals surface area contributed by atoms with Crippen molar-refractivity contribution in [3.05, 3.63) is 30.1 Å². The van der Waals surface area contributed by atoms with Gasteiger partial charge in [-0.15, -0.1) is 0 Å². The predicted molar refractivity (Wildman–Crippen MR) is 89.5 cm³/mol. The molecule has 0 aliphatic carbocycles. The van der Waals surface area contributed by atoms with Crippen molar-refractivity contribution < 1.29 is 17.9 Å². The Balaban J connectivity index is 1.94. The first-order chi connectivity index (χ1) is 11.4. The highest BCUT2D eigenvalue weighted by Gasteiger charge is 2.27. The Morgan fingerprint density at radius 3 is 2.75 bits per heavy atom. The summed E-state index contributed by atoms with van der Waals surface area (Å²) in [4.78, 5) is 14.1. The number of anilines is 1. The molecular formula is C15H20N4O4S. The number of ether oxygens (including phenoxy) is 1. The van der Waals surface area contributed by atoms with Crippen LogP contribution in [0.15, 0.2) is 24.5 Å². The highest BCUT2D eigenvalue weighted by Crippen LogP contribution is 2.24. The van der Waals surface area contributed by atoms with Crippen molar-refractivity contribution in [3.8, 4) is 0 Å². The number of rotatable bonds is 4. The van der Waals surface area contributed by atoms with Crippen LogP contribution in [0.1, 0.15) is 5.56 Å². The highest BCUT2D eigenvalue weighted by molar-refractivity contribution is 7.92. The molecule has 0 atom stereocenters. The molecule has 0 unspecified atom stereocenters. The predicted octanol–water partition coefficient (Wildman–Crippen LogP) is 0.268. The van der Waals surface area contributed by atoms with Crippen molar-refractivity contribution in [2.45, 2.75) is 6.92 Å². The summed E-state index contributed by atoms with van der Waals surface area (Å²) in [6, 6.07) is 3.73. The molecule has 0 radical (unpaired) electrons. The highest BCUT2D eigenvalue weighted by atomic mass is 32.2. The summed E-state index contributed by atoms with van der Waals surface area (Å²) < 4.78 is 32.5. The quantitative estimate of drug-likeness (QED) is 0.788. The summed E-state index contributed by atoms with van der Waals surface area (Å²) >= 11 is 0. The van der Waals surface area contributed by atoms with Gasteiger partial charge in [0.2, 0.25) is 15.9 Å². The van der Waals surface area contributed by atoms with Gasteiger partial charge in [-0.1, -0.05) is 0 Å². The fourth-order valence-electron chi connectivity index (χ4n) is 2.68.